The van der Waals surface area contributed by atoms with E-state index in [1.54, 1.807) is 12.1 Å². The third-order valence-corrected chi connectivity index (χ3v) is 5.69. The summed E-state index contributed by atoms with van der Waals surface area (Å²) < 4.78 is 0. The summed E-state index contributed by atoms with van der Waals surface area (Å²) in [7, 11) is 0. The van der Waals surface area contributed by atoms with E-state index in [4.69, 9.17) is 5.11 Å². The monoisotopic (exact) mass is 382 g/mol. The molecular formula is C27H26O2. The van der Waals surface area contributed by atoms with Gasteiger partial charge >= 0.3 is 5.97 Å². The second-order valence-electron chi connectivity index (χ2n) is 8.06. The maximum atomic E-state index is 11.0. The van der Waals surface area contributed by atoms with Crippen LogP contribution in [0, 0.1) is 13.8 Å². The first-order chi connectivity index (χ1) is 14.0. The Bertz CT molecular complexity index is 1070. The Labute approximate surface area is 172 Å². The molecule has 0 spiro atoms. The fourth-order valence-corrected chi connectivity index (χ4v) is 4.42. The second kappa shape index (κ2) is 8.08. The minimum Gasteiger partial charge on any atom is -0.478 e. The van der Waals surface area contributed by atoms with Gasteiger partial charge in [-0.2, -0.15) is 0 Å². The molecule has 0 radical (unpaired) electrons. The molecule has 0 atom stereocenters. The number of rotatable bonds is 6. The highest BCUT2D eigenvalue weighted by Gasteiger charge is 2.18. The quantitative estimate of drug-likeness (QED) is 0.570. The van der Waals surface area contributed by atoms with Gasteiger partial charge in [-0.1, -0.05) is 65.7 Å². The zero-order valence-electron chi connectivity index (χ0n) is 17.0. The van der Waals surface area contributed by atoms with Crippen LogP contribution in [0.4, 0.5) is 0 Å². The van der Waals surface area contributed by atoms with Crippen molar-refractivity contribution in [1.82, 2.24) is 0 Å². The highest BCUT2D eigenvalue weighted by molar-refractivity contribution is 5.87. The van der Waals surface area contributed by atoms with Crippen LogP contribution in [0.15, 0.2) is 66.7 Å². The van der Waals surface area contributed by atoms with Crippen LogP contribution < -0.4 is 0 Å². The Hall–Kier alpha value is -3.13. The zero-order chi connectivity index (χ0) is 20.4. The lowest BCUT2D eigenvalue weighted by Gasteiger charge is -2.14. The van der Waals surface area contributed by atoms with Crippen molar-refractivity contribution in [2.75, 3.05) is 0 Å². The number of hydrogen-bond acceptors (Lipinski definition) is 1. The maximum absolute atomic E-state index is 11.0. The van der Waals surface area contributed by atoms with Crippen molar-refractivity contribution >= 4 is 11.5 Å². The molecule has 2 heteroatoms. The number of carbonyl (C=O) groups is 1. The molecule has 0 saturated heterocycles. The van der Waals surface area contributed by atoms with Crippen LogP contribution >= 0.6 is 0 Å². The number of aromatic carboxylic acids is 1. The summed E-state index contributed by atoms with van der Waals surface area (Å²) in [5.41, 5.74) is 11.2. The first-order valence-corrected chi connectivity index (χ1v) is 10.2. The molecule has 0 bridgehead atoms. The van der Waals surface area contributed by atoms with Gasteiger partial charge in [-0.15, -0.1) is 0 Å². The van der Waals surface area contributed by atoms with E-state index in [2.05, 4.69) is 56.3 Å². The van der Waals surface area contributed by atoms with E-state index in [-0.39, 0.29) is 0 Å². The lowest BCUT2D eigenvalue weighted by Crippen LogP contribution is -2.00. The topological polar surface area (TPSA) is 37.3 Å². The minimum atomic E-state index is -0.876. The fourth-order valence-electron chi connectivity index (χ4n) is 4.42. The Morgan fingerprint density at radius 2 is 1.62 bits per heavy atom. The molecule has 0 heterocycles. The number of benzene rings is 3. The van der Waals surface area contributed by atoms with Crippen molar-refractivity contribution in [3.63, 3.8) is 0 Å². The number of hydrogen-bond donors (Lipinski definition) is 1. The molecule has 0 unspecified atom stereocenters. The lowest BCUT2D eigenvalue weighted by molar-refractivity contribution is 0.0697. The standard InChI is InChI=1S/C27H26O2/c1-18-14-19(2)16-21(15-18)17-25-13-12-23-5-3-4-22(26(23)25)9-6-20-7-10-24(11-8-20)27(28)29/h3-5,7-8,10-11,13-16H,6,9,12,17H2,1-2H3,(H,28,29). The van der Waals surface area contributed by atoms with Crippen molar-refractivity contribution < 1.29 is 9.90 Å². The van der Waals surface area contributed by atoms with Crippen molar-refractivity contribution in [3.05, 3.63) is 111 Å². The van der Waals surface area contributed by atoms with Gasteiger partial charge in [-0.3, -0.25) is 0 Å². The average Bonchev–Trinajstić information content (AvgIpc) is 3.09. The second-order valence-corrected chi connectivity index (χ2v) is 8.06. The normalized spacial score (nSPS) is 12.6. The summed E-state index contributed by atoms with van der Waals surface area (Å²) in [6.45, 7) is 4.32. The van der Waals surface area contributed by atoms with E-state index in [0.717, 1.165) is 25.7 Å². The molecule has 0 amide bonds. The third kappa shape index (κ3) is 4.32. The van der Waals surface area contributed by atoms with E-state index in [9.17, 15) is 4.79 Å². The Morgan fingerprint density at radius 3 is 2.31 bits per heavy atom. The summed E-state index contributed by atoms with van der Waals surface area (Å²) in [6, 6.07) is 20.7. The highest BCUT2D eigenvalue weighted by Crippen LogP contribution is 2.34. The minimum absolute atomic E-state index is 0.341. The van der Waals surface area contributed by atoms with E-state index in [1.807, 2.05) is 12.1 Å². The maximum Gasteiger partial charge on any atom is 0.335 e. The van der Waals surface area contributed by atoms with Crippen molar-refractivity contribution in [3.8, 4) is 0 Å². The molecule has 29 heavy (non-hydrogen) atoms. The molecule has 2 nitrogen and oxygen atoms in total. The van der Waals surface area contributed by atoms with E-state index < -0.39 is 5.97 Å². The molecule has 0 aliphatic heterocycles. The van der Waals surface area contributed by atoms with Crippen molar-refractivity contribution in [2.45, 2.75) is 39.5 Å². The van der Waals surface area contributed by atoms with Crippen molar-refractivity contribution in [1.29, 1.82) is 0 Å². The molecule has 0 fully saturated rings. The Kier molecular flexibility index (Phi) is 5.35. The smallest absolute Gasteiger partial charge is 0.335 e. The van der Waals surface area contributed by atoms with E-state index in [1.165, 1.54) is 44.5 Å². The number of aryl methyl sites for hydroxylation is 4. The fraction of sp³-hybridized carbons (Fsp3) is 0.222. The van der Waals surface area contributed by atoms with Crippen LogP contribution in [-0.4, -0.2) is 11.1 Å². The van der Waals surface area contributed by atoms with Gasteiger partial charge in [0.25, 0.3) is 0 Å². The van der Waals surface area contributed by atoms with Gasteiger partial charge in [0.1, 0.15) is 0 Å². The molecule has 0 aromatic heterocycles. The zero-order valence-corrected chi connectivity index (χ0v) is 17.0. The first kappa shape index (κ1) is 19.2. The van der Waals surface area contributed by atoms with Gasteiger partial charge < -0.3 is 5.11 Å². The summed E-state index contributed by atoms with van der Waals surface area (Å²) in [4.78, 5) is 11.0. The number of carboxylic acids is 1. The summed E-state index contributed by atoms with van der Waals surface area (Å²) in [5.74, 6) is -0.876. The average molecular weight is 383 g/mol. The van der Waals surface area contributed by atoms with Gasteiger partial charge in [-0.05, 0) is 85.1 Å². The predicted octanol–water partition coefficient (Wildman–Crippen LogP) is 5.97. The number of fused-ring (bicyclic) bond motifs is 1. The van der Waals surface area contributed by atoms with Crippen LogP contribution in [0.25, 0.3) is 5.57 Å². The highest BCUT2D eigenvalue weighted by atomic mass is 16.4. The van der Waals surface area contributed by atoms with Crippen LogP contribution in [0.2, 0.25) is 0 Å². The van der Waals surface area contributed by atoms with Crippen LogP contribution in [0.3, 0.4) is 0 Å². The molecule has 1 aliphatic rings. The molecule has 1 N–H and O–H groups in total. The number of carboxylic acid groups (broad SMARTS) is 1. The van der Waals surface area contributed by atoms with Gasteiger partial charge in [0.05, 0.1) is 5.56 Å². The Balaban J connectivity index is 1.54. The van der Waals surface area contributed by atoms with Crippen LogP contribution in [0.5, 0.6) is 0 Å². The molecule has 1 aliphatic carbocycles. The molecule has 3 aromatic rings. The lowest BCUT2D eigenvalue weighted by atomic mass is 9.91. The summed E-state index contributed by atoms with van der Waals surface area (Å²) in [5, 5.41) is 9.07. The van der Waals surface area contributed by atoms with E-state index >= 15 is 0 Å². The van der Waals surface area contributed by atoms with E-state index in [0.29, 0.717) is 5.56 Å². The molecule has 146 valence electrons. The SMILES string of the molecule is Cc1cc(C)cc(CC2=CCc3cccc(CCc4ccc(C(=O)O)cc4)c32)c1. The molecule has 0 saturated carbocycles. The largest absolute Gasteiger partial charge is 0.478 e. The third-order valence-electron chi connectivity index (χ3n) is 5.69. The molecular weight excluding hydrogens is 356 g/mol. The molecule has 3 aromatic carbocycles. The van der Waals surface area contributed by atoms with Crippen molar-refractivity contribution in [2.24, 2.45) is 0 Å². The summed E-state index contributed by atoms with van der Waals surface area (Å²) >= 11 is 0. The number of allylic oxidation sites excluding steroid dienone is 2. The summed E-state index contributed by atoms with van der Waals surface area (Å²) in [6.07, 6.45) is 6.23. The van der Waals surface area contributed by atoms with Gasteiger partial charge in [0, 0.05) is 0 Å². The van der Waals surface area contributed by atoms with Gasteiger partial charge in [0.15, 0.2) is 0 Å². The first-order valence-electron chi connectivity index (χ1n) is 10.2. The Morgan fingerprint density at radius 1 is 0.897 bits per heavy atom. The van der Waals surface area contributed by atoms with Crippen LogP contribution in [-0.2, 0) is 25.7 Å². The predicted molar refractivity (Wildman–Crippen MR) is 119 cm³/mol. The van der Waals surface area contributed by atoms with Gasteiger partial charge in [0.2, 0.25) is 0 Å². The molecule has 4 rings (SSSR count). The van der Waals surface area contributed by atoms with Gasteiger partial charge in [-0.25, -0.2) is 4.79 Å². The van der Waals surface area contributed by atoms with Crippen LogP contribution in [0.1, 0.15) is 49.3 Å².